The van der Waals surface area contributed by atoms with Gasteiger partial charge in [0, 0.05) is 34.1 Å². The minimum Gasteiger partial charge on any atom is -0.457 e. The summed E-state index contributed by atoms with van der Waals surface area (Å²) in [4.78, 5) is 4.91. The van der Waals surface area contributed by atoms with Crippen LogP contribution < -0.4 is 29.6 Å². The van der Waals surface area contributed by atoms with Gasteiger partial charge in [0.1, 0.15) is 42.7 Å². The van der Waals surface area contributed by atoms with Crippen molar-refractivity contribution in [1.82, 2.24) is 0 Å². The summed E-state index contributed by atoms with van der Waals surface area (Å²) in [6.07, 6.45) is 3.68. The summed E-state index contributed by atoms with van der Waals surface area (Å²) in [5.74, 6) is 2.45. The largest absolute Gasteiger partial charge is 0.457 e. The van der Waals surface area contributed by atoms with Crippen molar-refractivity contribution in [1.29, 1.82) is 0 Å². The maximum Gasteiger partial charge on any atom is 0.127 e. The molecule has 123 heavy (non-hydrogen) atoms. The van der Waals surface area contributed by atoms with Crippen molar-refractivity contribution >= 4 is 64.7 Å². The molecule has 2 aliphatic carbocycles. The number of rotatable bonds is 20. The molecule has 0 bridgehead atoms. The number of nitrogens with zero attached hydrogens (tertiary/aromatic N) is 2. The highest BCUT2D eigenvalue weighted by atomic mass is 28.3. The predicted octanol–water partition coefficient (Wildman–Crippen LogP) is 30.0. The Morgan fingerprint density at radius 1 is 0.244 bits per heavy atom. The van der Waals surface area contributed by atoms with Crippen LogP contribution in [0.3, 0.4) is 0 Å². The lowest BCUT2D eigenvalue weighted by Crippen LogP contribution is -2.49. The summed E-state index contributed by atoms with van der Waals surface area (Å²) in [6, 6.07) is 150. The van der Waals surface area contributed by atoms with Crippen molar-refractivity contribution in [3.63, 3.8) is 0 Å². The monoisotopic (exact) mass is 1600 g/mol. The van der Waals surface area contributed by atoms with Crippen LogP contribution in [0, 0.1) is 11.6 Å². The SMILES string of the molecule is C=Cc1ccc(Oc2ccc(C3(c4ccccc4)c4ccccc4-c4ccc(N(c5ccc(-c6cccc(-c7ccc(F)cc7)c6)cc5)c5ccc6c(c5)-c5cc(N(c7ccc(-c8cccc(-c9ccc(F)cc9)c8)cc7)c7ccc8c(c7)C(c7ccccc7)(c7ccc(Oc9ccc(C=C)cc9)cc7)c7ccccc7-8)ccc5[Si]6(C)C)cc43)cc2)cc1. The number of benzene rings is 18. The summed E-state index contributed by atoms with van der Waals surface area (Å²) < 4.78 is 41.8. The molecule has 1 aliphatic heterocycles. The summed E-state index contributed by atoms with van der Waals surface area (Å²) >= 11 is 0. The predicted molar refractivity (Wildman–Crippen MR) is 507 cm³/mol. The van der Waals surface area contributed by atoms with E-state index in [1.54, 1.807) is 0 Å². The van der Waals surface area contributed by atoms with Crippen molar-refractivity contribution in [2.45, 2.75) is 23.9 Å². The Labute approximate surface area is 717 Å². The summed E-state index contributed by atoms with van der Waals surface area (Å²) in [7, 11) is -2.42. The molecule has 18 aromatic carbocycles. The molecule has 2 unspecified atom stereocenters. The van der Waals surface area contributed by atoms with E-state index in [0.29, 0.717) is 0 Å². The molecule has 0 saturated heterocycles. The molecule has 586 valence electrons. The lowest BCUT2D eigenvalue weighted by Gasteiger charge is -2.35. The van der Waals surface area contributed by atoms with Gasteiger partial charge in [-0.15, -0.1) is 0 Å². The fourth-order valence-corrected chi connectivity index (χ4v) is 22.5. The Balaban J connectivity index is 0.730. The highest BCUT2D eigenvalue weighted by Gasteiger charge is 2.49. The van der Waals surface area contributed by atoms with E-state index in [4.69, 9.17) is 9.47 Å². The van der Waals surface area contributed by atoms with Gasteiger partial charge in [0.05, 0.1) is 10.8 Å². The van der Waals surface area contributed by atoms with Crippen LogP contribution in [0.4, 0.5) is 42.9 Å². The first-order valence-electron chi connectivity index (χ1n) is 41.8. The lowest BCUT2D eigenvalue weighted by atomic mass is 9.67. The van der Waals surface area contributed by atoms with Gasteiger partial charge in [0.15, 0.2) is 0 Å². The zero-order chi connectivity index (χ0) is 82.9. The number of hydrogen-bond donors (Lipinski definition) is 0. The number of ether oxygens (including phenoxy) is 2. The van der Waals surface area contributed by atoms with Crippen LogP contribution in [0.15, 0.2) is 438 Å². The summed E-state index contributed by atoms with van der Waals surface area (Å²) in [5.41, 5.74) is 31.1. The minimum atomic E-state index is -2.42. The van der Waals surface area contributed by atoms with E-state index in [1.165, 1.54) is 90.3 Å². The third-order valence-corrected chi connectivity index (χ3v) is 29.0. The Bertz CT molecular complexity index is 6670. The van der Waals surface area contributed by atoms with Crippen LogP contribution in [0.2, 0.25) is 13.1 Å². The van der Waals surface area contributed by atoms with Crippen LogP contribution in [0.25, 0.3) is 90.0 Å². The Kier molecular flexibility index (Phi) is 18.8. The molecule has 18 aromatic rings. The molecule has 0 N–H and O–H groups in total. The van der Waals surface area contributed by atoms with E-state index in [0.717, 1.165) is 135 Å². The normalized spacial score (nSPS) is 14.7. The summed E-state index contributed by atoms with van der Waals surface area (Å²) in [5, 5.41) is 2.74. The number of anilines is 6. The first-order chi connectivity index (χ1) is 60.4. The van der Waals surface area contributed by atoms with Crippen LogP contribution in [-0.2, 0) is 10.8 Å². The van der Waals surface area contributed by atoms with Gasteiger partial charge in [-0.3, -0.25) is 0 Å². The van der Waals surface area contributed by atoms with Crippen molar-refractivity contribution in [2.24, 2.45) is 0 Å². The molecule has 0 radical (unpaired) electrons. The van der Waals surface area contributed by atoms with E-state index in [-0.39, 0.29) is 11.6 Å². The van der Waals surface area contributed by atoms with Crippen molar-refractivity contribution < 1.29 is 18.3 Å². The van der Waals surface area contributed by atoms with Crippen LogP contribution in [-0.4, -0.2) is 8.07 Å². The second-order valence-corrected chi connectivity index (χ2v) is 36.9. The van der Waals surface area contributed by atoms with E-state index < -0.39 is 18.9 Å². The van der Waals surface area contributed by atoms with Crippen LogP contribution in [0.5, 0.6) is 23.0 Å². The second-order valence-electron chi connectivity index (χ2n) is 32.6. The molecule has 1 heterocycles. The van der Waals surface area contributed by atoms with Gasteiger partial charge in [-0.25, -0.2) is 8.78 Å². The van der Waals surface area contributed by atoms with Crippen LogP contribution in [0.1, 0.15) is 55.6 Å². The third kappa shape index (κ3) is 13.1. The highest BCUT2D eigenvalue weighted by Crippen LogP contribution is 2.60. The number of fused-ring (bicyclic) bond motifs is 9. The van der Waals surface area contributed by atoms with Gasteiger partial charge < -0.3 is 19.3 Å². The fraction of sp³-hybridized carbons (Fsp3) is 0.0345. The Morgan fingerprint density at radius 3 is 0.894 bits per heavy atom. The maximum absolute atomic E-state index is 14.3. The zero-order valence-corrected chi connectivity index (χ0v) is 69.0. The molecule has 0 aromatic heterocycles. The van der Waals surface area contributed by atoms with E-state index in [1.807, 2.05) is 84.9 Å². The molecular formula is C116H82F2N2O2Si. The number of hydrogen-bond acceptors (Lipinski definition) is 4. The Morgan fingerprint density at radius 2 is 0.537 bits per heavy atom. The van der Waals surface area contributed by atoms with Gasteiger partial charge >= 0.3 is 0 Å². The zero-order valence-electron chi connectivity index (χ0n) is 68.0. The van der Waals surface area contributed by atoms with E-state index in [9.17, 15) is 8.78 Å². The summed E-state index contributed by atoms with van der Waals surface area (Å²) in [6.45, 7) is 12.9. The minimum absolute atomic E-state index is 0.264. The fourth-order valence-electron chi connectivity index (χ4n) is 19.5. The van der Waals surface area contributed by atoms with Gasteiger partial charge in [-0.2, -0.15) is 0 Å². The van der Waals surface area contributed by atoms with Gasteiger partial charge in [-0.1, -0.05) is 305 Å². The first-order valence-corrected chi connectivity index (χ1v) is 44.8. The number of halogens is 2. The molecule has 0 fully saturated rings. The quantitative estimate of drug-likeness (QED) is 0.0710. The van der Waals surface area contributed by atoms with Gasteiger partial charge in [0.25, 0.3) is 0 Å². The topological polar surface area (TPSA) is 24.9 Å². The average Bonchev–Trinajstić information content (AvgIpc) is 1.56. The molecule has 0 amide bonds. The average molecular weight is 1600 g/mol. The first kappa shape index (κ1) is 75.2. The van der Waals surface area contributed by atoms with E-state index in [2.05, 4.69) is 364 Å². The molecule has 3 aliphatic rings. The van der Waals surface area contributed by atoms with Crippen molar-refractivity contribution in [3.05, 3.63) is 505 Å². The van der Waals surface area contributed by atoms with E-state index >= 15 is 0 Å². The lowest BCUT2D eigenvalue weighted by molar-refractivity contribution is 0.482. The smallest absolute Gasteiger partial charge is 0.127 e. The standard InChI is InChI=1S/C116H82F2N2O2Si/c1-5-77-31-59-99(60-32-77)121-101-63-43-89(44-64-101)115(87-23-9-7-10-24-87)109-29-15-13-27-103(109)105-67-55-97(75-111(105)115)119(93-51-39-81(40-52-93)85-21-17-19-83(71-85)79-35-47-91(117)48-36-79)95-57-69-113-107(73-95)108-74-96(58-70-114(108)123(113,3)4)120(94-53-41-82(42-54-94)86-22-18-20-84(72-86)80-37-49-92(118)50-38-80)98-56-68-106-104-28-14-16-30-110(104)116(112(106)76-98,88-25-11-8-12-26-88)90-45-65-102(66-46-90)122-100-61-33-78(6-2)34-62-100/h5-76H,1-2H2,3-4H3. The van der Waals surface area contributed by atoms with Crippen molar-refractivity contribution in [3.8, 4) is 101 Å². The van der Waals surface area contributed by atoms with Crippen molar-refractivity contribution in [2.75, 3.05) is 9.80 Å². The van der Waals surface area contributed by atoms with Gasteiger partial charge in [0.2, 0.25) is 0 Å². The molecule has 0 spiro atoms. The Hall–Kier alpha value is -15.3. The molecule has 0 saturated carbocycles. The second kappa shape index (κ2) is 30.8. The maximum atomic E-state index is 14.3. The molecule has 21 rings (SSSR count). The van der Waals surface area contributed by atoms with Crippen LogP contribution >= 0.6 is 0 Å². The van der Waals surface area contributed by atoms with Gasteiger partial charge in [-0.05, 0) is 302 Å². The molecule has 2 atom stereocenters. The molecule has 7 heteroatoms. The molecular weight excluding hydrogens is 1520 g/mol. The third-order valence-electron chi connectivity index (χ3n) is 25.4. The molecule has 4 nitrogen and oxygen atoms in total. The highest BCUT2D eigenvalue weighted by molar-refractivity contribution is 7.03.